The van der Waals surface area contributed by atoms with E-state index in [2.05, 4.69) is 4.57 Å². The third-order valence-electron chi connectivity index (χ3n) is 5.54. The Kier molecular flexibility index (Phi) is 6.68. The Morgan fingerprint density at radius 3 is 2.39 bits per heavy atom. The van der Waals surface area contributed by atoms with E-state index < -0.39 is 0 Å². The Hall–Kier alpha value is -2.96. The molecule has 170 valence electrons. The largest absolute Gasteiger partial charge is 0.489 e. The Balaban J connectivity index is 1.54. The van der Waals surface area contributed by atoms with Crippen molar-refractivity contribution in [1.29, 1.82) is 0 Å². The number of imide groups is 1. The summed E-state index contributed by atoms with van der Waals surface area (Å²) in [6, 6.07) is 17.4. The molecule has 2 amide bonds. The van der Waals surface area contributed by atoms with Crippen LogP contribution in [-0.4, -0.2) is 26.7 Å². The number of aryl methyl sites for hydroxylation is 1. The van der Waals surface area contributed by atoms with Gasteiger partial charge in [0.25, 0.3) is 11.1 Å². The van der Waals surface area contributed by atoms with Crippen molar-refractivity contribution in [1.82, 2.24) is 9.47 Å². The first-order chi connectivity index (χ1) is 15.8. The van der Waals surface area contributed by atoms with Gasteiger partial charge in [0, 0.05) is 33.7 Å². The smallest absolute Gasteiger partial charge is 0.293 e. The van der Waals surface area contributed by atoms with Crippen LogP contribution in [-0.2, 0) is 11.4 Å². The second-order valence-electron chi connectivity index (χ2n) is 8.18. The lowest BCUT2D eigenvalue weighted by Crippen LogP contribution is -2.34. The number of rotatable bonds is 6. The van der Waals surface area contributed by atoms with E-state index in [1.807, 2.05) is 88.4 Å². The minimum Gasteiger partial charge on any atom is -0.489 e. The second kappa shape index (κ2) is 9.49. The lowest BCUT2D eigenvalue weighted by Gasteiger charge is -2.16. The van der Waals surface area contributed by atoms with Crippen molar-refractivity contribution in [3.8, 4) is 11.4 Å². The molecule has 0 spiro atoms. The van der Waals surface area contributed by atoms with E-state index in [4.69, 9.17) is 16.3 Å². The van der Waals surface area contributed by atoms with E-state index in [1.54, 1.807) is 0 Å². The van der Waals surface area contributed by atoms with E-state index in [0.29, 0.717) is 16.5 Å². The maximum Gasteiger partial charge on any atom is 0.293 e. The summed E-state index contributed by atoms with van der Waals surface area (Å²) in [6.45, 7) is 8.11. The Bertz CT molecular complexity index is 1240. The molecule has 0 aliphatic carbocycles. The highest BCUT2D eigenvalue weighted by atomic mass is 35.5. The highest BCUT2D eigenvalue weighted by Crippen LogP contribution is 2.35. The van der Waals surface area contributed by atoms with Gasteiger partial charge in [0.1, 0.15) is 12.4 Å². The van der Waals surface area contributed by atoms with Crippen LogP contribution in [0.2, 0.25) is 5.02 Å². The summed E-state index contributed by atoms with van der Waals surface area (Å²) in [5.41, 5.74) is 4.87. The maximum atomic E-state index is 12.6. The molecule has 33 heavy (non-hydrogen) atoms. The van der Waals surface area contributed by atoms with Gasteiger partial charge in [-0.3, -0.25) is 14.5 Å². The first-order valence-electron chi connectivity index (χ1n) is 10.7. The van der Waals surface area contributed by atoms with Crippen molar-refractivity contribution in [3.05, 3.63) is 87.0 Å². The van der Waals surface area contributed by atoms with Gasteiger partial charge in [0.2, 0.25) is 0 Å². The summed E-state index contributed by atoms with van der Waals surface area (Å²) >= 11 is 7.20. The molecule has 0 radical (unpaired) electrons. The fourth-order valence-corrected chi connectivity index (χ4v) is 5.01. The van der Waals surface area contributed by atoms with Crippen LogP contribution in [0, 0.1) is 13.8 Å². The van der Waals surface area contributed by atoms with Gasteiger partial charge < -0.3 is 9.30 Å². The number of nitrogens with zero attached hydrogens (tertiary/aromatic N) is 2. The zero-order valence-corrected chi connectivity index (χ0v) is 20.5. The third-order valence-corrected chi connectivity index (χ3v) is 6.80. The first kappa shape index (κ1) is 23.2. The molecule has 0 saturated carbocycles. The van der Waals surface area contributed by atoms with Crippen LogP contribution in [0.25, 0.3) is 11.8 Å². The van der Waals surface area contributed by atoms with Gasteiger partial charge in [-0.1, -0.05) is 29.8 Å². The Morgan fingerprint density at radius 1 is 1.06 bits per heavy atom. The average Bonchev–Trinajstić information content (AvgIpc) is 3.22. The number of carbonyl (C=O) groups excluding carboxylic acids is 2. The van der Waals surface area contributed by atoms with Gasteiger partial charge in [-0.2, -0.15) is 0 Å². The fourth-order valence-electron chi connectivity index (χ4n) is 3.87. The number of ether oxygens (including phenoxy) is 1. The van der Waals surface area contributed by atoms with Crippen LogP contribution in [0.4, 0.5) is 4.79 Å². The lowest BCUT2D eigenvalue weighted by atomic mass is 10.2. The quantitative estimate of drug-likeness (QED) is 0.365. The first-order valence-corrected chi connectivity index (χ1v) is 11.9. The van der Waals surface area contributed by atoms with Crippen LogP contribution in [0.15, 0.2) is 59.5 Å². The normalized spacial score (nSPS) is 15.2. The minimum absolute atomic E-state index is 0.158. The van der Waals surface area contributed by atoms with E-state index >= 15 is 0 Å². The molecule has 1 saturated heterocycles. The monoisotopic (exact) mass is 480 g/mol. The zero-order valence-electron chi connectivity index (χ0n) is 19.0. The summed E-state index contributed by atoms with van der Waals surface area (Å²) in [5.74, 6) is 0.522. The van der Waals surface area contributed by atoms with Crippen LogP contribution in [0.5, 0.6) is 5.75 Å². The number of halogens is 1. The molecule has 7 heteroatoms. The van der Waals surface area contributed by atoms with Crippen molar-refractivity contribution in [3.63, 3.8) is 0 Å². The molecule has 0 N–H and O–H groups in total. The molecule has 3 aromatic rings. The molecular weight excluding hydrogens is 456 g/mol. The van der Waals surface area contributed by atoms with E-state index in [9.17, 15) is 9.59 Å². The van der Waals surface area contributed by atoms with Gasteiger partial charge in [0.15, 0.2) is 0 Å². The van der Waals surface area contributed by atoms with Crippen LogP contribution in [0.3, 0.4) is 0 Å². The van der Waals surface area contributed by atoms with E-state index in [-0.39, 0.29) is 17.2 Å². The number of carbonyl (C=O) groups is 2. The van der Waals surface area contributed by atoms with Crippen molar-refractivity contribution in [2.45, 2.75) is 40.3 Å². The molecule has 0 bridgehead atoms. The molecule has 2 aromatic carbocycles. The molecular formula is C26H25ClN2O3S. The predicted octanol–water partition coefficient (Wildman–Crippen LogP) is 6.77. The van der Waals surface area contributed by atoms with Gasteiger partial charge in [-0.05, 0) is 87.5 Å². The average molecular weight is 481 g/mol. The predicted molar refractivity (Wildman–Crippen MR) is 134 cm³/mol. The van der Waals surface area contributed by atoms with Gasteiger partial charge in [-0.15, -0.1) is 0 Å². The summed E-state index contributed by atoms with van der Waals surface area (Å²) in [5, 5.41) is 0.467. The fraction of sp³-hybridized carbons (Fsp3) is 0.231. The van der Waals surface area contributed by atoms with Crippen molar-refractivity contribution >= 4 is 40.6 Å². The highest BCUT2D eigenvalue weighted by molar-refractivity contribution is 8.18. The SMILES string of the molecule is Cc1cc(/C=C2\SC(=O)N(C(C)C)C2=O)c(C)n1-c1ccc(OCc2ccccc2Cl)cc1. The van der Waals surface area contributed by atoms with Crippen molar-refractivity contribution in [2.75, 3.05) is 0 Å². The molecule has 1 aromatic heterocycles. The number of aromatic nitrogens is 1. The number of hydrogen-bond acceptors (Lipinski definition) is 4. The van der Waals surface area contributed by atoms with Crippen LogP contribution in [0.1, 0.15) is 36.4 Å². The lowest BCUT2D eigenvalue weighted by molar-refractivity contribution is -0.123. The van der Waals surface area contributed by atoms with Gasteiger partial charge >= 0.3 is 0 Å². The summed E-state index contributed by atoms with van der Waals surface area (Å²) in [4.78, 5) is 26.6. The molecule has 5 nitrogen and oxygen atoms in total. The molecule has 1 aliphatic rings. The van der Waals surface area contributed by atoms with Gasteiger partial charge in [-0.25, -0.2) is 0 Å². The minimum atomic E-state index is -0.232. The van der Waals surface area contributed by atoms with E-state index in [0.717, 1.165) is 45.7 Å². The standard InChI is InChI=1S/C26H25ClN2O3S/c1-16(2)28-25(30)24(33-26(28)31)14-20-13-17(3)29(18(20)4)21-9-11-22(12-10-21)32-15-19-7-5-6-8-23(19)27/h5-14,16H,15H2,1-4H3/b24-14-. The molecule has 1 fully saturated rings. The molecule has 4 rings (SSSR count). The summed E-state index contributed by atoms with van der Waals surface area (Å²) < 4.78 is 8.01. The van der Waals surface area contributed by atoms with E-state index in [1.165, 1.54) is 4.90 Å². The number of benzene rings is 2. The summed E-state index contributed by atoms with van der Waals surface area (Å²) in [7, 11) is 0. The Labute approximate surface area is 203 Å². The molecule has 1 aliphatic heterocycles. The molecule has 2 heterocycles. The maximum absolute atomic E-state index is 12.6. The zero-order chi connectivity index (χ0) is 23.7. The number of hydrogen-bond donors (Lipinski definition) is 0. The summed E-state index contributed by atoms with van der Waals surface area (Å²) in [6.07, 6.45) is 1.81. The second-order valence-corrected chi connectivity index (χ2v) is 9.58. The Morgan fingerprint density at radius 2 is 1.76 bits per heavy atom. The molecule has 0 atom stereocenters. The van der Waals surface area contributed by atoms with Crippen molar-refractivity contribution in [2.24, 2.45) is 0 Å². The van der Waals surface area contributed by atoms with Crippen LogP contribution >= 0.6 is 23.4 Å². The van der Waals surface area contributed by atoms with Crippen LogP contribution < -0.4 is 4.74 Å². The number of thioether (sulfide) groups is 1. The third kappa shape index (κ3) is 4.72. The number of amides is 2. The van der Waals surface area contributed by atoms with Gasteiger partial charge in [0.05, 0.1) is 4.91 Å². The van der Waals surface area contributed by atoms with Crippen molar-refractivity contribution < 1.29 is 14.3 Å². The topological polar surface area (TPSA) is 51.5 Å². The molecule has 0 unspecified atom stereocenters. The highest BCUT2D eigenvalue weighted by Gasteiger charge is 2.36.